The van der Waals surface area contributed by atoms with Crippen molar-refractivity contribution in [1.82, 2.24) is 0 Å². The molecule has 0 heterocycles. The first-order chi connectivity index (χ1) is 8.41. The van der Waals surface area contributed by atoms with Crippen molar-refractivity contribution >= 4 is 0 Å². The van der Waals surface area contributed by atoms with E-state index in [1.807, 2.05) is 45.9 Å². The predicted octanol–water partition coefficient (Wildman–Crippen LogP) is 2.94. The molecular formula is C15H25NO2. The Morgan fingerprint density at radius 1 is 1.33 bits per heavy atom. The largest absolute Gasteiger partial charge is 0.490 e. The van der Waals surface area contributed by atoms with Crippen LogP contribution >= 0.6 is 0 Å². The van der Waals surface area contributed by atoms with Crippen LogP contribution in [0.15, 0.2) is 18.2 Å². The highest BCUT2D eigenvalue weighted by atomic mass is 16.5. The summed E-state index contributed by atoms with van der Waals surface area (Å²) in [6.07, 6.45) is 1.37. The number of rotatable bonds is 6. The zero-order chi connectivity index (χ0) is 13.8. The Bertz CT molecular complexity index is 384. The van der Waals surface area contributed by atoms with E-state index in [2.05, 4.69) is 0 Å². The van der Waals surface area contributed by atoms with Crippen molar-refractivity contribution in [2.24, 2.45) is 5.73 Å². The molecule has 0 saturated carbocycles. The molecule has 18 heavy (non-hydrogen) atoms. The maximum atomic E-state index is 10.2. The van der Waals surface area contributed by atoms with Crippen molar-refractivity contribution in [3.8, 4) is 5.75 Å². The molecule has 0 amide bonds. The molecule has 0 aliphatic carbocycles. The Kier molecular flexibility index (Phi) is 5.17. The van der Waals surface area contributed by atoms with E-state index in [0.29, 0.717) is 19.4 Å². The highest BCUT2D eigenvalue weighted by molar-refractivity contribution is 5.39. The lowest BCUT2D eigenvalue weighted by atomic mass is 9.99. The van der Waals surface area contributed by atoms with Crippen molar-refractivity contribution in [2.75, 3.05) is 6.61 Å². The molecule has 0 radical (unpaired) electrons. The highest BCUT2D eigenvalue weighted by Crippen LogP contribution is 2.27. The Morgan fingerprint density at radius 2 is 1.94 bits per heavy atom. The second-order valence-electron chi connectivity index (χ2n) is 5.05. The Labute approximate surface area is 110 Å². The normalized spacial score (nSPS) is 13.4. The average Bonchev–Trinajstić information content (AvgIpc) is 2.35. The molecule has 0 aliphatic rings. The van der Waals surface area contributed by atoms with Crippen LogP contribution in [0.5, 0.6) is 5.75 Å². The zero-order valence-corrected chi connectivity index (χ0v) is 11.9. The van der Waals surface area contributed by atoms with Gasteiger partial charge in [-0.2, -0.15) is 0 Å². The van der Waals surface area contributed by atoms with Gasteiger partial charge in [-0.15, -0.1) is 0 Å². The van der Waals surface area contributed by atoms with Gasteiger partial charge in [-0.25, -0.2) is 0 Å². The van der Waals surface area contributed by atoms with E-state index in [9.17, 15) is 5.11 Å². The van der Waals surface area contributed by atoms with Crippen molar-refractivity contribution in [3.05, 3.63) is 29.3 Å². The third-order valence-electron chi connectivity index (χ3n) is 3.47. The van der Waals surface area contributed by atoms with Gasteiger partial charge in [0.15, 0.2) is 0 Å². The molecule has 3 nitrogen and oxygen atoms in total. The molecule has 0 saturated heterocycles. The molecular weight excluding hydrogens is 226 g/mol. The van der Waals surface area contributed by atoms with Crippen LogP contribution in [0.4, 0.5) is 0 Å². The highest BCUT2D eigenvalue weighted by Gasteiger charge is 2.23. The van der Waals surface area contributed by atoms with Gasteiger partial charge in [0.05, 0.1) is 5.60 Å². The van der Waals surface area contributed by atoms with Crippen LogP contribution in [0.1, 0.15) is 50.8 Å². The van der Waals surface area contributed by atoms with Gasteiger partial charge in [-0.3, -0.25) is 0 Å². The van der Waals surface area contributed by atoms with E-state index in [0.717, 1.165) is 16.9 Å². The summed E-state index contributed by atoms with van der Waals surface area (Å²) in [5.74, 6) is 0.783. The summed E-state index contributed by atoms with van der Waals surface area (Å²) in [7, 11) is 0. The quantitative estimate of drug-likeness (QED) is 0.817. The van der Waals surface area contributed by atoms with Crippen LogP contribution in [0.25, 0.3) is 0 Å². The molecule has 1 atom stereocenters. The standard InChI is InChI=1S/C15H25NO2/c1-5-15(17,6-2)10-18-14-9-11(3)7-8-13(14)12(4)16/h7-9,12,17H,5-6,10,16H2,1-4H3. The van der Waals surface area contributed by atoms with E-state index in [1.165, 1.54) is 0 Å². The molecule has 0 spiro atoms. The molecule has 1 aromatic carbocycles. The van der Waals surface area contributed by atoms with Crippen LogP contribution in [-0.2, 0) is 0 Å². The maximum absolute atomic E-state index is 10.2. The third kappa shape index (κ3) is 3.72. The molecule has 3 heteroatoms. The lowest BCUT2D eigenvalue weighted by Gasteiger charge is -2.26. The van der Waals surface area contributed by atoms with Crippen LogP contribution in [0.3, 0.4) is 0 Å². The predicted molar refractivity (Wildman–Crippen MR) is 74.8 cm³/mol. The van der Waals surface area contributed by atoms with E-state index >= 15 is 0 Å². The van der Waals surface area contributed by atoms with Crippen molar-refractivity contribution < 1.29 is 9.84 Å². The van der Waals surface area contributed by atoms with E-state index in [4.69, 9.17) is 10.5 Å². The first-order valence-electron chi connectivity index (χ1n) is 6.63. The van der Waals surface area contributed by atoms with Gasteiger partial charge >= 0.3 is 0 Å². The number of hydrogen-bond donors (Lipinski definition) is 2. The molecule has 0 bridgehead atoms. The van der Waals surface area contributed by atoms with Crippen LogP contribution in [-0.4, -0.2) is 17.3 Å². The number of aliphatic hydroxyl groups is 1. The first kappa shape index (κ1) is 15.0. The minimum Gasteiger partial charge on any atom is -0.490 e. The molecule has 3 N–H and O–H groups in total. The van der Waals surface area contributed by atoms with Crippen LogP contribution < -0.4 is 10.5 Å². The van der Waals surface area contributed by atoms with Gasteiger partial charge in [0.1, 0.15) is 12.4 Å². The van der Waals surface area contributed by atoms with Gasteiger partial charge in [0.25, 0.3) is 0 Å². The summed E-state index contributed by atoms with van der Waals surface area (Å²) in [5, 5.41) is 10.2. The summed E-state index contributed by atoms with van der Waals surface area (Å²) in [6.45, 7) is 8.20. The first-order valence-corrected chi connectivity index (χ1v) is 6.63. The number of benzene rings is 1. The van der Waals surface area contributed by atoms with Crippen molar-refractivity contribution in [3.63, 3.8) is 0 Å². The van der Waals surface area contributed by atoms with Gasteiger partial charge in [0, 0.05) is 11.6 Å². The molecule has 1 rings (SSSR count). The van der Waals surface area contributed by atoms with Gasteiger partial charge < -0.3 is 15.6 Å². The smallest absolute Gasteiger partial charge is 0.124 e. The maximum Gasteiger partial charge on any atom is 0.124 e. The molecule has 1 unspecified atom stereocenters. The summed E-state index contributed by atoms with van der Waals surface area (Å²) >= 11 is 0. The monoisotopic (exact) mass is 251 g/mol. The van der Waals surface area contributed by atoms with Gasteiger partial charge in [-0.05, 0) is 38.3 Å². The number of nitrogens with two attached hydrogens (primary N) is 1. The minimum absolute atomic E-state index is 0.0723. The van der Waals surface area contributed by atoms with Crippen LogP contribution in [0.2, 0.25) is 0 Å². The summed E-state index contributed by atoms with van der Waals surface area (Å²) < 4.78 is 5.80. The third-order valence-corrected chi connectivity index (χ3v) is 3.47. The molecule has 0 aliphatic heterocycles. The molecule has 0 fully saturated rings. The number of ether oxygens (including phenoxy) is 1. The fourth-order valence-electron chi connectivity index (χ4n) is 1.81. The lowest BCUT2D eigenvalue weighted by molar-refractivity contribution is -0.0116. The van der Waals surface area contributed by atoms with Gasteiger partial charge in [-0.1, -0.05) is 26.0 Å². The molecule has 0 aromatic heterocycles. The summed E-state index contributed by atoms with van der Waals surface area (Å²) in [5.41, 5.74) is 7.29. The van der Waals surface area contributed by atoms with Crippen LogP contribution in [0, 0.1) is 6.92 Å². The zero-order valence-electron chi connectivity index (χ0n) is 11.9. The van der Waals surface area contributed by atoms with E-state index in [-0.39, 0.29) is 6.04 Å². The molecule has 102 valence electrons. The van der Waals surface area contributed by atoms with Crippen molar-refractivity contribution in [1.29, 1.82) is 0 Å². The van der Waals surface area contributed by atoms with Gasteiger partial charge in [0.2, 0.25) is 0 Å². The van der Waals surface area contributed by atoms with E-state index < -0.39 is 5.60 Å². The number of aryl methyl sites for hydroxylation is 1. The lowest BCUT2D eigenvalue weighted by Crippen LogP contribution is -2.34. The Balaban J connectivity index is 2.86. The fourth-order valence-corrected chi connectivity index (χ4v) is 1.81. The Hall–Kier alpha value is -1.06. The molecule has 1 aromatic rings. The Morgan fingerprint density at radius 3 is 2.44 bits per heavy atom. The minimum atomic E-state index is -0.751. The van der Waals surface area contributed by atoms with Crippen molar-refractivity contribution in [2.45, 2.75) is 52.2 Å². The summed E-state index contributed by atoms with van der Waals surface area (Å²) in [4.78, 5) is 0. The second-order valence-corrected chi connectivity index (χ2v) is 5.05. The summed E-state index contributed by atoms with van der Waals surface area (Å²) in [6, 6.07) is 5.92. The SMILES string of the molecule is CCC(O)(CC)COc1cc(C)ccc1C(C)N. The number of hydrogen-bond acceptors (Lipinski definition) is 3. The average molecular weight is 251 g/mol. The van der Waals surface area contributed by atoms with E-state index in [1.54, 1.807) is 0 Å². The fraction of sp³-hybridized carbons (Fsp3) is 0.600. The topological polar surface area (TPSA) is 55.5 Å². The second kappa shape index (κ2) is 6.21.